The molecule has 1 atom stereocenters. The van der Waals surface area contributed by atoms with Gasteiger partial charge in [0.15, 0.2) is 5.17 Å². The summed E-state index contributed by atoms with van der Waals surface area (Å²) < 4.78 is 0. The number of nitrogens with zero attached hydrogens (tertiary/aromatic N) is 3. The third-order valence-corrected chi connectivity index (χ3v) is 4.94. The molecule has 1 aliphatic rings. The maximum Gasteiger partial charge on any atom is 0.164 e. The van der Waals surface area contributed by atoms with Crippen LogP contribution in [-0.2, 0) is 0 Å². The van der Waals surface area contributed by atoms with Crippen LogP contribution < -0.4 is 0 Å². The number of hydrogen-bond donors (Lipinski definition) is 0. The number of aliphatic imine (C=N–C) groups is 1. The molecule has 0 N–H and O–H groups in total. The second-order valence-corrected chi connectivity index (χ2v) is 7.18. The van der Waals surface area contributed by atoms with Crippen LogP contribution in [0.25, 0.3) is 0 Å². The van der Waals surface area contributed by atoms with Gasteiger partial charge in [-0.1, -0.05) is 39.0 Å². The summed E-state index contributed by atoms with van der Waals surface area (Å²) in [5, 5.41) is 10.0. The van der Waals surface area contributed by atoms with Crippen molar-refractivity contribution < 1.29 is 0 Å². The molecular weight excluding hydrogens is 290 g/mol. The number of thioether (sulfide) groups is 1. The highest BCUT2D eigenvalue weighted by molar-refractivity contribution is 8.14. The summed E-state index contributed by atoms with van der Waals surface area (Å²) in [5.41, 5.74) is 1.62. The average Bonchev–Trinajstić information content (AvgIpc) is 2.87. The third-order valence-electron chi connectivity index (χ3n) is 3.81. The zero-order valence-corrected chi connectivity index (χ0v) is 14.6. The molecule has 0 amide bonds. The van der Waals surface area contributed by atoms with Crippen molar-refractivity contribution in [3.05, 3.63) is 29.8 Å². The topological polar surface area (TPSA) is 39.4 Å². The molecule has 0 saturated carbocycles. The van der Waals surface area contributed by atoms with Crippen LogP contribution in [0.3, 0.4) is 0 Å². The summed E-state index contributed by atoms with van der Waals surface area (Å²) in [6, 6.07) is 10.3. The van der Waals surface area contributed by atoms with Gasteiger partial charge in [-0.05, 0) is 43.0 Å². The first-order valence-electron chi connectivity index (χ1n) is 8.12. The van der Waals surface area contributed by atoms with E-state index in [1.165, 1.54) is 19.3 Å². The van der Waals surface area contributed by atoms with Gasteiger partial charge >= 0.3 is 0 Å². The maximum atomic E-state index is 8.87. The fourth-order valence-corrected chi connectivity index (χ4v) is 3.90. The number of nitriles is 1. The van der Waals surface area contributed by atoms with Crippen molar-refractivity contribution in [3.63, 3.8) is 0 Å². The van der Waals surface area contributed by atoms with E-state index in [4.69, 9.17) is 10.3 Å². The highest BCUT2D eigenvalue weighted by atomic mass is 32.2. The molecule has 0 aliphatic carbocycles. The molecule has 0 spiro atoms. The Kier molecular flexibility index (Phi) is 6.33. The van der Waals surface area contributed by atoms with E-state index in [-0.39, 0.29) is 0 Å². The van der Waals surface area contributed by atoms with Gasteiger partial charge in [-0.25, -0.2) is 4.99 Å². The van der Waals surface area contributed by atoms with Crippen molar-refractivity contribution in [3.8, 4) is 6.07 Å². The summed E-state index contributed by atoms with van der Waals surface area (Å²) in [4.78, 5) is 7.31. The number of rotatable bonds is 6. The summed E-state index contributed by atoms with van der Waals surface area (Å²) in [5.74, 6) is 1.85. The van der Waals surface area contributed by atoms with E-state index in [9.17, 15) is 0 Å². The molecule has 1 fully saturated rings. The van der Waals surface area contributed by atoms with Gasteiger partial charge in [0.05, 0.1) is 17.3 Å². The van der Waals surface area contributed by atoms with Crippen LogP contribution in [0, 0.1) is 17.2 Å². The molecule has 0 bridgehead atoms. The predicted octanol–water partition coefficient (Wildman–Crippen LogP) is 4.81. The van der Waals surface area contributed by atoms with Gasteiger partial charge in [0.2, 0.25) is 0 Å². The van der Waals surface area contributed by atoms with Crippen molar-refractivity contribution in [1.82, 2.24) is 4.90 Å². The van der Waals surface area contributed by atoms with Crippen LogP contribution in [0.15, 0.2) is 29.3 Å². The van der Waals surface area contributed by atoms with Gasteiger partial charge in [0.25, 0.3) is 0 Å². The summed E-state index contributed by atoms with van der Waals surface area (Å²) in [6.45, 7) is 7.91. The number of unbranched alkanes of at least 4 members (excludes halogenated alkanes) is 1. The molecule has 0 unspecified atom stereocenters. The monoisotopic (exact) mass is 315 g/mol. The van der Waals surface area contributed by atoms with Crippen LogP contribution in [0.1, 0.15) is 45.6 Å². The minimum Gasteiger partial charge on any atom is -0.347 e. The first-order valence-corrected chi connectivity index (χ1v) is 9.11. The third kappa shape index (κ3) is 4.51. The van der Waals surface area contributed by atoms with Crippen LogP contribution in [0.5, 0.6) is 0 Å². The molecule has 0 aromatic heterocycles. The number of hydrogen-bond acceptors (Lipinski definition) is 3. The van der Waals surface area contributed by atoms with Crippen LogP contribution in [-0.4, -0.2) is 28.4 Å². The van der Waals surface area contributed by atoms with E-state index < -0.39 is 0 Å². The highest BCUT2D eigenvalue weighted by Gasteiger charge is 2.30. The molecule has 0 radical (unpaired) electrons. The standard InChI is InChI=1S/C18H25N3S/c1-4-5-10-21-17(11-14(2)3)13-22-18(21)20-16-8-6-15(12-19)7-9-16/h6-9,14,17H,4-5,10-11,13H2,1-3H3/t17-/m0/s1. The number of amidine groups is 1. The van der Waals surface area contributed by atoms with Gasteiger partial charge in [-0.15, -0.1) is 0 Å². The van der Waals surface area contributed by atoms with Crippen molar-refractivity contribution >= 4 is 22.6 Å². The quantitative estimate of drug-likeness (QED) is 0.756. The smallest absolute Gasteiger partial charge is 0.164 e. The molecule has 1 aliphatic heterocycles. The Labute approximate surface area is 138 Å². The highest BCUT2D eigenvalue weighted by Crippen LogP contribution is 2.30. The van der Waals surface area contributed by atoms with Gasteiger partial charge in [-0.2, -0.15) is 5.26 Å². The molecule has 1 saturated heterocycles. The lowest BCUT2D eigenvalue weighted by Crippen LogP contribution is -2.35. The van der Waals surface area contributed by atoms with Crippen LogP contribution in [0.2, 0.25) is 0 Å². The van der Waals surface area contributed by atoms with Gasteiger partial charge in [-0.3, -0.25) is 0 Å². The normalized spacial score (nSPS) is 19.9. The van der Waals surface area contributed by atoms with Gasteiger partial charge < -0.3 is 4.90 Å². The largest absolute Gasteiger partial charge is 0.347 e. The van der Waals surface area contributed by atoms with Crippen molar-refractivity contribution in [2.45, 2.75) is 46.1 Å². The second-order valence-electron chi connectivity index (χ2n) is 6.19. The fourth-order valence-electron chi connectivity index (χ4n) is 2.66. The van der Waals surface area contributed by atoms with E-state index >= 15 is 0 Å². The second kappa shape index (κ2) is 8.24. The van der Waals surface area contributed by atoms with E-state index in [1.807, 2.05) is 36.0 Å². The van der Waals surface area contributed by atoms with E-state index in [0.717, 1.165) is 23.2 Å². The zero-order chi connectivity index (χ0) is 15.9. The lowest BCUT2D eigenvalue weighted by Gasteiger charge is -2.27. The van der Waals surface area contributed by atoms with Crippen LogP contribution >= 0.6 is 11.8 Å². The van der Waals surface area contributed by atoms with Gasteiger partial charge in [0, 0.05) is 18.3 Å². The molecule has 1 aromatic carbocycles. The Balaban J connectivity index is 2.15. The zero-order valence-electron chi connectivity index (χ0n) is 13.7. The fraction of sp³-hybridized carbons (Fsp3) is 0.556. The van der Waals surface area contributed by atoms with Crippen molar-refractivity contribution in [2.24, 2.45) is 10.9 Å². The Hall–Kier alpha value is -1.47. The van der Waals surface area contributed by atoms with Crippen molar-refractivity contribution in [1.29, 1.82) is 5.26 Å². The lowest BCUT2D eigenvalue weighted by atomic mass is 10.0. The number of benzene rings is 1. The molecule has 1 heterocycles. The summed E-state index contributed by atoms with van der Waals surface area (Å²) in [7, 11) is 0. The van der Waals surface area contributed by atoms with Crippen LogP contribution in [0.4, 0.5) is 5.69 Å². The Morgan fingerprint density at radius 1 is 1.36 bits per heavy atom. The first-order chi connectivity index (χ1) is 10.6. The molecule has 22 heavy (non-hydrogen) atoms. The van der Waals surface area contributed by atoms with E-state index in [0.29, 0.717) is 17.5 Å². The summed E-state index contributed by atoms with van der Waals surface area (Å²) in [6.07, 6.45) is 3.64. The maximum absolute atomic E-state index is 8.87. The van der Waals surface area contributed by atoms with E-state index in [2.05, 4.69) is 31.7 Å². The summed E-state index contributed by atoms with van der Waals surface area (Å²) >= 11 is 1.87. The molecule has 2 rings (SSSR count). The Morgan fingerprint density at radius 2 is 2.09 bits per heavy atom. The molecule has 4 heteroatoms. The molecule has 118 valence electrons. The van der Waals surface area contributed by atoms with Gasteiger partial charge in [0.1, 0.15) is 0 Å². The lowest BCUT2D eigenvalue weighted by molar-refractivity contribution is 0.302. The molecule has 3 nitrogen and oxygen atoms in total. The predicted molar refractivity (Wildman–Crippen MR) is 95.6 cm³/mol. The SMILES string of the molecule is CCCCN1C(=Nc2ccc(C#N)cc2)SC[C@@H]1CC(C)C. The molecular formula is C18H25N3S. The average molecular weight is 315 g/mol. The minimum absolute atomic E-state index is 0.605. The minimum atomic E-state index is 0.605. The first kappa shape index (κ1) is 16.9. The molecule has 1 aromatic rings. The van der Waals surface area contributed by atoms with E-state index in [1.54, 1.807) is 0 Å². The van der Waals surface area contributed by atoms with Crippen molar-refractivity contribution in [2.75, 3.05) is 12.3 Å². The Morgan fingerprint density at radius 3 is 2.68 bits per heavy atom. The Bertz CT molecular complexity index is 542.